The van der Waals surface area contributed by atoms with Crippen molar-refractivity contribution in [3.05, 3.63) is 48.5 Å². The highest BCUT2D eigenvalue weighted by Crippen LogP contribution is 2.26. The molecule has 0 radical (unpaired) electrons. The maximum absolute atomic E-state index is 12.0. The summed E-state index contributed by atoms with van der Waals surface area (Å²) in [7, 11) is 1.57. The molecule has 0 saturated heterocycles. The molecule has 2 N–H and O–H groups in total. The van der Waals surface area contributed by atoms with Crippen LogP contribution in [0.15, 0.2) is 48.5 Å². The van der Waals surface area contributed by atoms with Crippen molar-refractivity contribution in [1.29, 1.82) is 0 Å². The zero-order valence-electron chi connectivity index (χ0n) is 13.0. The van der Waals surface area contributed by atoms with Gasteiger partial charge in [0.25, 0.3) is 5.91 Å². The Balaban J connectivity index is 1.50. The Morgan fingerprint density at radius 3 is 2.35 bits per heavy atom. The Kier molecular flexibility index (Phi) is 4.66. The first kappa shape index (κ1) is 15.2. The van der Waals surface area contributed by atoms with Gasteiger partial charge in [-0.3, -0.25) is 4.79 Å². The van der Waals surface area contributed by atoms with Crippen LogP contribution >= 0.6 is 0 Å². The van der Waals surface area contributed by atoms with E-state index in [0.717, 1.165) is 11.4 Å². The number of ether oxygens (including phenoxy) is 2. The molecule has 0 atom stereocenters. The summed E-state index contributed by atoms with van der Waals surface area (Å²) >= 11 is 0. The van der Waals surface area contributed by atoms with Crippen LogP contribution in [0.2, 0.25) is 0 Å². The zero-order valence-corrected chi connectivity index (χ0v) is 13.0. The van der Waals surface area contributed by atoms with Gasteiger partial charge in [0.2, 0.25) is 0 Å². The fourth-order valence-corrected chi connectivity index (χ4v) is 2.19. The molecule has 1 amide bonds. The van der Waals surface area contributed by atoms with Crippen LogP contribution in [0.1, 0.15) is 12.8 Å². The first-order chi connectivity index (χ1) is 11.2. The average molecular weight is 312 g/mol. The van der Waals surface area contributed by atoms with E-state index in [1.807, 2.05) is 36.4 Å². The third kappa shape index (κ3) is 4.39. The lowest BCUT2D eigenvalue weighted by Crippen LogP contribution is -2.20. The minimum absolute atomic E-state index is 0.0670. The van der Waals surface area contributed by atoms with Crippen molar-refractivity contribution in [2.24, 2.45) is 0 Å². The lowest BCUT2D eigenvalue weighted by atomic mass is 10.2. The first-order valence-corrected chi connectivity index (χ1v) is 7.67. The SMILES string of the molecule is COc1ccccc1OCC(=O)Nc1ccc(NC2CC2)cc1. The predicted molar refractivity (Wildman–Crippen MR) is 90.2 cm³/mol. The van der Waals surface area contributed by atoms with E-state index < -0.39 is 0 Å². The minimum atomic E-state index is -0.209. The van der Waals surface area contributed by atoms with E-state index in [-0.39, 0.29) is 12.5 Å². The molecule has 0 unspecified atom stereocenters. The van der Waals surface area contributed by atoms with Crippen molar-refractivity contribution >= 4 is 17.3 Å². The van der Waals surface area contributed by atoms with Crippen molar-refractivity contribution in [3.8, 4) is 11.5 Å². The number of anilines is 2. The second-order valence-corrected chi connectivity index (χ2v) is 5.48. The highest BCUT2D eigenvalue weighted by atomic mass is 16.5. The summed E-state index contributed by atoms with van der Waals surface area (Å²) in [5, 5.41) is 6.22. The maximum Gasteiger partial charge on any atom is 0.262 e. The minimum Gasteiger partial charge on any atom is -0.493 e. The number of carbonyl (C=O) groups excluding carboxylic acids is 1. The molecule has 0 bridgehead atoms. The molecular formula is C18H20N2O3. The summed E-state index contributed by atoms with van der Waals surface area (Å²) in [5.74, 6) is 0.948. The van der Waals surface area contributed by atoms with E-state index in [0.29, 0.717) is 17.5 Å². The van der Waals surface area contributed by atoms with E-state index in [4.69, 9.17) is 9.47 Å². The summed E-state index contributed by atoms with van der Waals surface area (Å²) in [6.45, 7) is -0.0670. The molecule has 1 aliphatic rings. The van der Waals surface area contributed by atoms with Crippen LogP contribution in [0.25, 0.3) is 0 Å². The molecule has 120 valence electrons. The molecular weight excluding hydrogens is 292 g/mol. The third-order valence-electron chi connectivity index (χ3n) is 3.54. The highest BCUT2D eigenvalue weighted by molar-refractivity contribution is 5.92. The van der Waals surface area contributed by atoms with Gasteiger partial charge in [-0.2, -0.15) is 0 Å². The van der Waals surface area contributed by atoms with Crippen LogP contribution in [0, 0.1) is 0 Å². The normalized spacial score (nSPS) is 13.3. The monoisotopic (exact) mass is 312 g/mol. The van der Waals surface area contributed by atoms with Crippen molar-refractivity contribution < 1.29 is 14.3 Å². The standard InChI is InChI=1S/C18H20N2O3/c1-22-16-4-2-3-5-17(16)23-12-18(21)20-15-10-8-14(9-11-15)19-13-6-7-13/h2-5,8-11,13,19H,6-7,12H2,1H3,(H,20,21). The largest absolute Gasteiger partial charge is 0.493 e. The molecule has 3 rings (SSSR count). The van der Waals surface area contributed by atoms with Gasteiger partial charge >= 0.3 is 0 Å². The van der Waals surface area contributed by atoms with Crippen LogP contribution in [0.4, 0.5) is 11.4 Å². The van der Waals surface area contributed by atoms with E-state index >= 15 is 0 Å². The number of carbonyl (C=O) groups is 1. The van der Waals surface area contributed by atoms with Crippen LogP contribution < -0.4 is 20.1 Å². The predicted octanol–water partition coefficient (Wildman–Crippen LogP) is 3.29. The van der Waals surface area contributed by atoms with E-state index in [9.17, 15) is 4.79 Å². The van der Waals surface area contributed by atoms with Crippen molar-refractivity contribution in [2.75, 3.05) is 24.4 Å². The summed E-state index contributed by atoms with van der Waals surface area (Å²) in [6.07, 6.45) is 2.47. The maximum atomic E-state index is 12.0. The second-order valence-electron chi connectivity index (χ2n) is 5.48. The Morgan fingerprint density at radius 1 is 1.04 bits per heavy atom. The van der Waals surface area contributed by atoms with Gasteiger partial charge < -0.3 is 20.1 Å². The van der Waals surface area contributed by atoms with Gasteiger partial charge in [-0.15, -0.1) is 0 Å². The summed E-state index contributed by atoms with van der Waals surface area (Å²) in [5.41, 5.74) is 1.83. The van der Waals surface area contributed by atoms with Gasteiger partial charge in [0, 0.05) is 17.4 Å². The number of rotatable bonds is 7. The van der Waals surface area contributed by atoms with Crippen molar-refractivity contribution in [1.82, 2.24) is 0 Å². The molecule has 5 heteroatoms. The molecule has 0 spiro atoms. The van der Waals surface area contributed by atoms with E-state index in [1.165, 1.54) is 12.8 Å². The lowest BCUT2D eigenvalue weighted by Gasteiger charge is -2.11. The fourth-order valence-electron chi connectivity index (χ4n) is 2.19. The Labute approximate surface area is 135 Å². The molecule has 0 aliphatic heterocycles. The number of hydrogen-bond donors (Lipinski definition) is 2. The molecule has 5 nitrogen and oxygen atoms in total. The Hall–Kier alpha value is -2.69. The van der Waals surface area contributed by atoms with Crippen LogP contribution in [0.5, 0.6) is 11.5 Å². The Bertz CT molecular complexity index is 666. The van der Waals surface area contributed by atoms with Crippen LogP contribution in [-0.2, 0) is 4.79 Å². The molecule has 2 aromatic rings. The molecule has 1 aliphatic carbocycles. The Morgan fingerprint density at radius 2 is 1.70 bits per heavy atom. The quantitative estimate of drug-likeness (QED) is 0.823. The number of methoxy groups -OCH3 is 1. The van der Waals surface area contributed by atoms with Gasteiger partial charge in [0.15, 0.2) is 18.1 Å². The van der Waals surface area contributed by atoms with Crippen LogP contribution in [-0.4, -0.2) is 25.7 Å². The van der Waals surface area contributed by atoms with Crippen LogP contribution in [0.3, 0.4) is 0 Å². The van der Waals surface area contributed by atoms with Gasteiger partial charge in [-0.05, 0) is 49.2 Å². The average Bonchev–Trinajstić information content (AvgIpc) is 3.39. The molecule has 2 aromatic carbocycles. The van der Waals surface area contributed by atoms with E-state index in [1.54, 1.807) is 19.2 Å². The molecule has 1 fully saturated rings. The number of hydrogen-bond acceptors (Lipinski definition) is 4. The number of amides is 1. The van der Waals surface area contributed by atoms with Gasteiger partial charge in [-0.25, -0.2) is 0 Å². The molecule has 0 aromatic heterocycles. The summed E-state index contributed by atoms with van der Waals surface area (Å²) in [6, 6.07) is 15.6. The van der Waals surface area contributed by atoms with Gasteiger partial charge in [-0.1, -0.05) is 12.1 Å². The first-order valence-electron chi connectivity index (χ1n) is 7.67. The number of nitrogens with one attached hydrogen (secondary N) is 2. The van der Waals surface area contributed by atoms with E-state index in [2.05, 4.69) is 10.6 Å². The number of para-hydroxylation sites is 2. The van der Waals surface area contributed by atoms with Gasteiger partial charge in [0.1, 0.15) is 0 Å². The topological polar surface area (TPSA) is 59.6 Å². The fraction of sp³-hybridized carbons (Fsp3) is 0.278. The zero-order chi connectivity index (χ0) is 16.1. The van der Waals surface area contributed by atoms with Crippen molar-refractivity contribution in [2.45, 2.75) is 18.9 Å². The summed E-state index contributed by atoms with van der Waals surface area (Å²) in [4.78, 5) is 12.0. The summed E-state index contributed by atoms with van der Waals surface area (Å²) < 4.78 is 10.7. The molecule has 0 heterocycles. The van der Waals surface area contributed by atoms with Gasteiger partial charge in [0.05, 0.1) is 7.11 Å². The molecule has 23 heavy (non-hydrogen) atoms. The van der Waals surface area contributed by atoms with Crippen molar-refractivity contribution in [3.63, 3.8) is 0 Å². The molecule has 1 saturated carbocycles. The third-order valence-corrected chi connectivity index (χ3v) is 3.54. The lowest BCUT2D eigenvalue weighted by molar-refractivity contribution is -0.118. The second kappa shape index (κ2) is 7.05. The highest BCUT2D eigenvalue weighted by Gasteiger charge is 2.20. The number of benzene rings is 2. The smallest absolute Gasteiger partial charge is 0.262 e.